The van der Waals surface area contributed by atoms with Gasteiger partial charge in [-0.2, -0.15) is 0 Å². The van der Waals surface area contributed by atoms with Crippen LogP contribution in [0.1, 0.15) is 27.8 Å². The third-order valence-corrected chi connectivity index (χ3v) is 5.44. The van der Waals surface area contributed by atoms with Crippen LogP contribution < -0.4 is 10.3 Å². The quantitative estimate of drug-likeness (QED) is 0.517. The second-order valence-corrected chi connectivity index (χ2v) is 7.61. The Kier molecular flexibility index (Phi) is 4.83. The van der Waals surface area contributed by atoms with Gasteiger partial charge in [-0.3, -0.25) is 4.79 Å². The van der Waals surface area contributed by atoms with E-state index in [-0.39, 0.29) is 5.56 Å². The van der Waals surface area contributed by atoms with Crippen LogP contribution in [0.5, 0.6) is 5.75 Å². The Bertz CT molecular complexity index is 1340. The maximum Gasteiger partial charge on any atom is 0.251 e. The average Bonchev–Trinajstić information content (AvgIpc) is 3.23. The molecule has 1 aromatic heterocycles. The topological polar surface area (TPSA) is 42.1 Å². The van der Waals surface area contributed by atoms with Crippen molar-refractivity contribution in [3.05, 3.63) is 111 Å². The first-order valence-electron chi connectivity index (χ1n) is 10.2. The number of rotatable bonds is 3. The van der Waals surface area contributed by atoms with Crippen molar-refractivity contribution < 1.29 is 4.74 Å². The van der Waals surface area contributed by atoms with E-state index >= 15 is 0 Å². The number of ether oxygens (including phenoxy) is 1. The van der Waals surface area contributed by atoms with Crippen molar-refractivity contribution in [2.45, 2.75) is 19.3 Å². The van der Waals surface area contributed by atoms with Gasteiger partial charge in [0.2, 0.25) is 0 Å². The highest BCUT2D eigenvalue weighted by Crippen LogP contribution is 2.26. The molecule has 0 bridgehead atoms. The number of aromatic amines is 1. The highest BCUT2D eigenvalue weighted by molar-refractivity contribution is 5.80. The number of hydrogen-bond acceptors (Lipinski definition) is 2. The highest BCUT2D eigenvalue weighted by atomic mass is 16.5. The fourth-order valence-electron chi connectivity index (χ4n) is 3.87. The van der Waals surface area contributed by atoms with Crippen molar-refractivity contribution in [3.63, 3.8) is 0 Å². The van der Waals surface area contributed by atoms with Gasteiger partial charge in [0.25, 0.3) is 5.56 Å². The van der Waals surface area contributed by atoms with E-state index in [0.717, 1.165) is 52.8 Å². The minimum Gasteiger partial charge on any atom is -0.493 e. The molecule has 1 N–H and O–H groups in total. The van der Waals surface area contributed by atoms with Gasteiger partial charge in [-0.05, 0) is 52.4 Å². The molecule has 0 atom stereocenters. The summed E-state index contributed by atoms with van der Waals surface area (Å²) in [7, 11) is 0. The summed E-state index contributed by atoms with van der Waals surface area (Å²) in [5.41, 5.74) is 6.06. The maximum atomic E-state index is 12.6. The van der Waals surface area contributed by atoms with Crippen molar-refractivity contribution in [1.82, 2.24) is 4.98 Å². The average molecular weight is 391 g/mol. The first-order valence-corrected chi connectivity index (χ1v) is 10.2. The minimum atomic E-state index is -0.0397. The van der Waals surface area contributed by atoms with Crippen LogP contribution in [0.2, 0.25) is 0 Å². The van der Waals surface area contributed by atoms with Gasteiger partial charge in [-0.1, -0.05) is 54.3 Å². The lowest BCUT2D eigenvalue weighted by molar-refractivity contribution is 0.357. The van der Waals surface area contributed by atoms with Crippen LogP contribution in [0.4, 0.5) is 0 Å². The SMILES string of the molecule is O=c1[nH]c2ccc(C#CCc3ccccc3)cc2cc1Cc1ccc2c(c1)CCO2. The second-order valence-electron chi connectivity index (χ2n) is 7.61. The molecule has 0 saturated heterocycles. The monoisotopic (exact) mass is 391 g/mol. The Labute approximate surface area is 175 Å². The zero-order valence-corrected chi connectivity index (χ0v) is 16.6. The first-order chi connectivity index (χ1) is 14.7. The van der Waals surface area contributed by atoms with Gasteiger partial charge in [0.1, 0.15) is 5.75 Å². The van der Waals surface area contributed by atoms with E-state index in [1.165, 1.54) is 11.1 Å². The van der Waals surface area contributed by atoms with Gasteiger partial charge in [0, 0.05) is 35.9 Å². The summed E-state index contributed by atoms with van der Waals surface area (Å²) < 4.78 is 5.58. The number of pyridine rings is 1. The summed E-state index contributed by atoms with van der Waals surface area (Å²) in [6.45, 7) is 0.740. The zero-order valence-electron chi connectivity index (χ0n) is 16.6. The van der Waals surface area contributed by atoms with Gasteiger partial charge < -0.3 is 9.72 Å². The molecule has 0 spiro atoms. The molecule has 146 valence electrons. The molecule has 3 nitrogen and oxygen atoms in total. The molecule has 3 heteroatoms. The standard InChI is InChI=1S/C27H21NO2/c29-27-24(17-21-10-12-26-22(16-21)13-14-30-26)18-23-15-20(9-11-25(23)28-27)8-4-7-19-5-2-1-3-6-19/h1-3,5-6,9-12,15-16,18H,7,13-14,17H2,(H,28,29). The van der Waals surface area contributed by atoms with Crippen LogP contribution in [-0.4, -0.2) is 11.6 Å². The molecular formula is C27H21NO2. The minimum absolute atomic E-state index is 0.0397. The molecule has 0 unspecified atom stereocenters. The van der Waals surface area contributed by atoms with Crippen molar-refractivity contribution in [2.75, 3.05) is 6.61 Å². The molecule has 0 aliphatic carbocycles. The predicted octanol–water partition coefficient (Wildman–Crippen LogP) is 4.65. The van der Waals surface area contributed by atoms with Crippen LogP contribution in [0.25, 0.3) is 10.9 Å². The summed E-state index contributed by atoms with van der Waals surface area (Å²) >= 11 is 0. The molecular weight excluding hydrogens is 370 g/mol. The fourth-order valence-corrected chi connectivity index (χ4v) is 3.87. The van der Waals surface area contributed by atoms with E-state index in [0.29, 0.717) is 6.42 Å². The van der Waals surface area contributed by atoms with E-state index in [1.54, 1.807) is 0 Å². The smallest absolute Gasteiger partial charge is 0.251 e. The lowest BCUT2D eigenvalue weighted by atomic mass is 10.0. The van der Waals surface area contributed by atoms with Crippen LogP contribution >= 0.6 is 0 Å². The number of hydrogen-bond donors (Lipinski definition) is 1. The van der Waals surface area contributed by atoms with Crippen LogP contribution in [0.3, 0.4) is 0 Å². The number of nitrogens with one attached hydrogen (secondary N) is 1. The number of fused-ring (bicyclic) bond motifs is 2. The molecule has 0 radical (unpaired) electrons. The van der Waals surface area contributed by atoms with Gasteiger partial charge in [-0.25, -0.2) is 0 Å². The molecule has 0 saturated carbocycles. The Morgan fingerprint density at radius 3 is 2.73 bits per heavy atom. The van der Waals surface area contributed by atoms with Gasteiger partial charge in [0.15, 0.2) is 0 Å². The molecule has 1 aliphatic heterocycles. The Balaban J connectivity index is 1.41. The Morgan fingerprint density at radius 2 is 1.83 bits per heavy atom. The fraction of sp³-hybridized carbons (Fsp3) is 0.148. The molecule has 0 amide bonds. The normalized spacial score (nSPS) is 12.1. The van der Waals surface area contributed by atoms with Crippen molar-refractivity contribution >= 4 is 10.9 Å². The summed E-state index contributed by atoms with van der Waals surface area (Å²) in [4.78, 5) is 15.6. The Hall–Kier alpha value is -3.77. The highest BCUT2D eigenvalue weighted by Gasteiger charge is 2.13. The molecule has 1 aliphatic rings. The molecule has 3 aromatic carbocycles. The first kappa shape index (κ1) is 18.3. The molecule has 0 fully saturated rings. The third kappa shape index (κ3) is 3.86. The van der Waals surface area contributed by atoms with Gasteiger partial charge >= 0.3 is 0 Å². The number of benzene rings is 3. The summed E-state index contributed by atoms with van der Waals surface area (Å²) in [5, 5.41) is 1.00. The van der Waals surface area contributed by atoms with Crippen molar-refractivity contribution in [2.24, 2.45) is 0 Å². The van der Waals surface area contributed by atoms with E-state index in [1.807, 2.05) is 54.6 Å². The molecule has 30 heavy (non-hydrogen) atoms. The van der Waals surface area contributed by atoms with E-state index < -0.39 is 0 Å². The molecule has 4 aromatic rings. The van der Waals surface area contributed by atoms with E-state index in [2.05, 4.69) is 35.0 Å². The summed E-state index contributed by atoms with van der Waals surface area (Å²) in [5.74, 6) is 7.44. The number of H-pyrrole nitrogens is 1. The van der Waals surface area contributed by atoms with E-state index in [4.69, 9.17) is 4.74 Å². The second kappa shape index (κ2) is 7.93. The molecule has 5 rings (SSSR count). The van der Waals surface area contributed by atoms with Crippen LogP contribution in [0, 0.1) is 11.8 Å². The predicted molar refractivity (Wildman–Crippen MR) is 120 cm³/mol. The van der Waals surface area contributed by atoms with Crippen molar-refractivity contribution in [3.8, 4) is 17.6 Å². The summed E-state index contributed by atoms with van der Waals surface area (Å²) in [6, 6.07) is 24.3. The maximum absolute atomic E-state index is 12.6. The van der Waals surface area contributed by atoms with Crippen LogP contribution in [-0.2, 0) is 19.3 Å². The zero-order chi connectivity index (χ0) is 20.3. The number of aromatic nitrogens is 1. The Morgan fingerprint density at radius 1 is 0.933 bits per heavy atom. The van der Waals surface area contributed by atoms with Gasteiger partial charge in [-0.15, -0.1) is 0 Å². The van der Waals surface area contributed by atoms with Crippen molar-refractivity contribution in [1.29, 1.82) is 0 Å². The van der Waals surface area contributed by atoms with Gasteiger partial charge in [0.05, 0.1) is 6.61 Å². The lowest BCUT2D eigenvalue weighted by Gasteiger charge is -2.06. The largest absolute Gasteiger partial charge is 0.493 e. The summed E-state index contributed by atoms with van der Waals surface area (Å²) in [6.07, 6.45) is 2.25. The van der Waals surface area contributed by atoms with Crippen LogP contribution in [0.15, 0.2) is 77.6 Å². The lowest BCUT2D eigenvalue weighted by Crippen LogP contribution is -2.12. The third-order valence-electron chi connectivity index (χ3n) is 5.44. The van der Waals surface area contributed by atoms with E-state index in [9.17, 15) is 4.79 Å². The molecule has 2 heterocycles.